The molecule has 0 saturated heterocycles. The van der Waals surface area contributed by atoms with Crippen molar-refractivity contribution in [3.8, 4) is 5.75 Å². The topological polar surface area (TPSA) is 72.8 Å². The van der Waals surface area contributed by atoms with E-state index in [1.807, 2.05) is 12.1 Å². The van der Waals surface area contributed by atoms with Gasteiger partial charge >= 0.3 is 11.9 Å². The van der Waals surface area contributed by atoms with Crippen molar-refractivity contribution < 1.29 is 24.2 Å². The molecule has 22 heavy (non-hydrogen) atoms. The van der Waals surface area contributed by atoms with Crippen LogP contribution in [0.15, 0.2) is 36.4 Å². The number of carbonyl (C=O) groups is 2. The van der Waals surface area contributed by atoms with E-state index in [2.05, 4.69) is 0 Å². The Hall–Kier alpha value is -2.56. The van der Waals surface area contributed by atoms with Crippen molar-refractivity contribution in [2.24, 2.45) is 0 Å². The molecule has 0 spiro atoms. The molecule has 5 heteroatoms. The summed E-state index contributed by atoms with van der Waals surface area (Å²) in [5.74, 6) is -1.29. The summed E-state index contributed by atoms with van der Waals surface area (Å²) in [5.41, 5.74) is -1.35. The molecule has 116 valence electrons. The lowest BCUT2D eigenvalue weighted by Gasteiger charge is -2.23. The molecule has 2 rings (SSSR count). The fourth-order valence-corrected chi connectivity index (χ4v) is 2.27. The summed E-state index contributed by atoms with van der Waals surface area (Å²) in [6.07, 6.45) is 0. The van der Waals surface area contributed by atoms with Crippen molar-refractivity contribution >= 4 is 22.7 Å². The van der Waals surface area contributed by atoms with E-state index in [1.165, 1.54) is 6.92 Å². The van der Waals surface area contributed by atoms with Crippen LogP contribution >= 0.6 is 0 Å². The Balaban J connectivity index is 2.55. The molecule has 0 amide bonds. The average Bonchev–Trinajstić information content (AvgIpc) is 2.52. The van der Waals surface area contributed by atoms with Gasteiger partial charge in [-0.25, -0.2) is 0 Å². The highest BCUT2D eigenvalue weighted by molar-refractivity contribution is 6.05. The molecule has 0 bridgehead atoms. The van der Waals surface area contributed by atoms with E-state index in [0.717, 1.165) is 10.8 Å². The van der Waals surface area contributed by atoms with Gasteiger partial charge in [0.1, 0.15) is 5.75 Å². The number of hydrogen-bond donors (Lipinski definition) is 1. The van der Waals surface area contributed by atoms with Crippen molar-refractivity contribution in [3.05, 3.63) is 42.0 Å². The first-order valence-corrected chi connectivity index (χ1v) is 6.92. The van der Waals surface area contributed by atoms with E-state index in [0.29, 0.717) is 11.3 Å². The first-order chi connectivity index (χ1) is 10.4. The number of esters is 1. The Morgan fingerprint density at radius 3 is 2.36 bits per heavy atom. The number of fused-ring (bicyclic) bond motifs is 1. The highest BCUT2D eigenvalue weighted by atomic mass is 16.5. The van der Waals surface area contributed by atoms with Gasteiger partial charge in [0.05, 0.1) is 13.7 Å². The summed E-state index contributed by atoms with van der Waals surface area (Å²) in [7, 11) is 1.58. The number of carbonyl (C=O) groups excluding carboxylic acids is 1. The standard InChI is InChI=1S/C17H18O5/c1-4-22-16(20)17(2,15(18)19)13-7-5-12-10-14(21-3)8-6-11(12)9-13/h5-10H,4H2,1-3H3,(H,18,19). The van der Waals surface area contributed by atoms with Gasteiger partial charge in [0.15, 0.2) is 5.41 Å². The molecule has 2 aromatic rings. The molecular weight excluding hydrogens is 284 g/mol. The van der Waals surface area contributed by atoms with E-state index in [4.69, 9.17) is 9.47 Å². The summed E-state index contributed by atoms with van der Waals surface area (Å²) in [6.45, 7) is 3.14. The smallest absolute Gasteiger partial charge is 0.327 e. The Morgan fingerprint density at radius 2 is 1.77 bits per heavy atom. The Bertz CT molecular complexity index is 722. The predicted molar refractivity (Wildman–Crippen MR) is 82.1 cm³/mol. The van der Waals surface area contributed by atoms with Crippen molar-refractivity contribution in [1.29, 1.82) is 0 Å². The van der Waals surface area contributed by atoms with Crippen LogP contribution < -0.4 is 4.74 Å². The first kappa shape index (κ1) is 15.8. The van der Waals surface area contributed by atoms with Crippen LogP contribution in [0.1, 0.15) is 19.4 Å². The zero-order valence-corrected chi connectivity index (χ0v) is 12.8. The van der Waals surface area contributed by atoms with Crippen LogP contribution in [0, 0.1) is 0 Å². The number of hydrogen-bond acceptors (Lipinski definition) is 4. The second kappa shape index (κ2) is 6.05. The lowest BCUT2D eigenvalue weighted by molar-refractivity contribution is -0.160. The fraction of sp³-hybridized carbons (Fsp3) is 0.294. The van der Waals surface area contributed by atoms with Crippen molar-refractivity contribution in [2.45, 2.75) is 19.3 Å². The Labute approximate surface area is 128 Å². The Kier molecular flexibility index (Phi) is 4.35. The van der Waals surface area contributed by atoms with Gasteiger partial charge in [0, 0.05) is 0 Å². The maximum absolute atomic E-state index is 12.1. The van der Waals surface area contributed by atoms with E-state index in [1.54, 1.807) is 38.3 Å². The number of ether oxygens (including phenoxy) is 2. The van der Waals surface area contributed by atoms with Crippen LogP contribution in [0.5, 0.6) is 5.75 Å². The number of benzene rings is 2. The molecule has 1 unspecified atom stereocenters. The Morgan fingerprint density at radius 1 is 1.14 bits per heavy atom. The summed E-state index contributed by atoms with van der Waals surface area (Å²) >= 11 is 0. The first-order valence-electron chi connectivity index (χ1n) is 6.92. The molecule has 0 saturated carbocycles. The summed E-state index contributed by atoms with van der Waals surface area (Å²) in [5, 5.41) is 11.2. The van der Waals surface area contributed by atoms with Crippen LogP contribution in [0.3, 0.4) is 0 Å². The molecule has 0 aliphatic heterocycles. The fourth-order valence-electron chi connectivity index (χ4n) is 2.27. The van der Waals surface area contributed by atoms with Crippen LogP contribution in [-0.4, -0.2) is 30.8 Å². The van der Waals surface area contributed by atoms with Gasteiger partial charge in [-0.2, -0.15) is 0 Å². The lowest BCUT2D eigenvalue weighted by Crippen LogP contribution is -2.42. The third kappa shape index (κ3) is 2.62. The highest BCUT2D eigenvalue weighted by Gasteiger charge is 2.44. The van der Waals surface area contributed by atoms with Crippen LogP contribution in [0.4, 0.5) is 0 Å². The zero-order valence-electron chi connectivity index (χ0n) is 12.8. The number of aliphatic carboxylic acids is 1. The SMILES string of the molecule is CCOC(=O)C(C)(C(=O)O)c1ccc2cc(OC)ccc2c1. The molecule has 0 radical (unpaired) electrons. The average molecular weight is 302 g/mol. The van der Waals surface area contributed by atoms with Crippen LogP contribution in [0.2, 0.25) is 0 Å². The second-order valence-electron chi connectivity index (χ2n) is 5.08. The lowest BCUT2D eigenvalue weighted by atomic mass is 9.81. The molecule has 0 heterocycles. The maximum Gasteiger partial charge on any atom is 0.327 e. The summed E-state index contributed by atoms with van der Waals surface area (Å²) in [4.78, 5) is 23.8. The minimum Gasteiger partial charge on any atom is -0.497 e. The highest BCUT2D eigenvalue weighted by Crippen LogP contribution is 2.30. The van der Waals surface area contributed by atoms with Crippen LogP contribution in [0.25, 0.3) is 10.8 Å². The normalized spacial score (nSPS) is 13.4. The van der Waals surface area contributed by atoms with Crippen LogP contribution in [-0.2, 0) is 19.7 Å². The molecule has 0 aromatic heterocycles. The summed E-state index contributed by atoms with van der Waals surface area (Å²) < 4.78 is 10.1. The second-order valence-corrected chi connectivity index (χ2v) is 5.08. The minimum absolute atomic E-state index is 0.131. The quantitative estimate of drug-likeness (QED) is 0.679. The maximum atomic E-state index is 12.1. The third-order valence-corrected chi connectivity index (χ3v) is 3.74. The monoisotopic (exact) mass is 302 g/mol. The van der Waals surface area contributed by atoms with Gasteiger partial charge in [-0.15, -0.1) is 0 Å². The molecule has 5 nitrogen and oxygen atoms in total. The largest absolute Gasteiger partial charge is 0.497 e. The molecular formula is C17H18O5. The molecule has 0 fully saturated rings. The van der Waals surface area contributed by atoms with Gasteiger partial charge in [0.25, 0.3) is 0 Å². The van der Waals surface area contributed by atoms with Gasteiger partial charge in [-0.3, -0.25) is 9.59 Å². The number of carboxylic acids is 1. The van der Waals surface area contributed by atoms with Crippen molar-refractivity contribution in [2.75, 3.05) is 13.7 Å². The number of rotatable bonds is 5. The van der Waals surface area contributed by atoms with E-state index >= 15 is 0 Å². The zero-order chi connectivity index (χ0) is 16.3. The van der Waals surface area contributed by atoms with Crippen molar-refractivity contribution in [1.82, 2.24) is 0 Å². The van der Waals surface area contributed by atoms with E-state index in [-0.39, 0.29) is 6.61 Å². The van der Waals surface area contributed by atoms with E-state index in [9.17, 15) is 14.7 Å². The number of carboxylic acid groups (broad SMARTS) is 1. The minimum atomic E-state index is -1.73. The van der Waals surface area contributed by atoms with Crippen molar-refractivity contribution in [3.63, 3.8) is 0 Å². The predicted octanol–water partition coefficient (Wildman–Crippen LogP) is 2.75. The van der Waals surface area contributed by atoms with Gasteiger partial charge < -0.3 is 14.6 Å². The molecule has 0 aliphatic carbocycles. The third-order valence-electron chi connectivity index (χ3n) is 3.74. The molecule has 2 aromatic carbocycles. The van der Waals surface area contributed by atoms with Gasteiger partial charge in [-0.05, 0) is 48.4 Å². The number of methoxy groups -OCH3 is 1. The molecule has 0 aliphatic rings. The van der Waals surface area contributed by atoms with Gasteiger partial charge in [0.2, 0.25) is 0 Å². The van der Waals surface area contributed by atoms with E-state index < -0.39 is 17.4 Å². The summed E-state index contributed by atoms with van der Waals surface area (Å²) in [6, 6.07) is 10.6. The molecule has 1 atom stereocenters. The molecule has 1 N–H and O–H groups in total. The van der Waals surface area contributed by atoms with Gasteiger partial charge in [-0.1, -0.05) is 18.2 Å².